The Balaban J connectivity index is 1.78. The van der Waals surface area contributed by atoms with E-state index in [0.29, 0.717) is 19.0 Å². The van der Waals surface area contributed by atoms with Crippen molar-refractivity contribution in [1.82, 2.24) is 0 Å². The molecular formula is C16H17NO3. The SMILES string of the molecule is NC(=O)Cc1cccc(OCCOc2ccccc2)c1. The molecule has 0 aliphatic carbocycles. The molecule has 0 fully saturated rings. The van der Waals surface area contributed by atoms with E-state index < -0.39 is 0 Å². The summed E-state index contributed by atoms with van der Waals surface area (Å²) in [5, 5.41) is 0. The highest BCUT2D eigenvalue weighted by molar-refractivity contribution is 5.76. The fourth-order valence-electron chi connectivity index (χ4n) is 1.78. The van der Waals surface area contributed by atoms with Gasteiger partial charge in [-0.25, -0.2) is 0 Å². The highest BCUT2D eigenvalue weighted by atomic mass is 16.5. The molecule has 2 aromatic carbocycles. The zero-order valence-electron chi connectivity index (χ0n) is 11.1. The minimum Gasteiger partial charge on any atom is -0.490 e. The van der Waals surface area contributed by atoms with Gasteiger partial charge in [0, 0.05) is 0 Å². The molecule has 0 saturated carbocycles. The van der Waals surface area contributed by atoms with E-state index in [1.165, 1.54) is 0 Å². The lowest BCUT2D eigenvalue weighted by atomic mass is 10.1. The minimum absolute atomic E-state index is 0.220. The van der Waals surface area contributed by atoms with Gasteiger partial charge < -0.3 is 15.2 Å². The number of ether oxygens (including phenoxy) is 2. The van der Waals surface area contributed by atoms with Crippen molar-refractivity contribution < 1.29 is 14.3 Å². The number of para-hydroxylation sites is 1. The van der Waals surface area contributed by atoms with Crippen LogP contribution in [0.5, 0.6) is 11.5 Å². The van der Waals surface area contributed by atoms with Crippen LogP contribution >= 0.6 is 0 Å². The van der Waals surface area contributed by atoms with Gasteiger partial charge in [-0.1, -0.05) is 30.3 Å². The van der Waals surface area contributed by atoms with Crippen molar-refractivity contribution >= 4 is 5.91 Å². The first-order chi connectivity index (χ1) is 9.74. The molecule has 2 rings (SSSR count). The first-order valence-corrected chi connectivity index (χ1v) is 6.42. The number of nitrogens with two attached hydrogens (primary N) is 1. The van der Waals surface area contributed by atoms with Gasteiger partial charge in [-0.15, -0.1) is 0 Å². The zero-order chi connectivity index (χ0) is 14.2. The number of amides is 1. The second-order valence-electron chi connectivity index (χ2n) is 4.30. The first-order valence-electron chi connectivity index (χ1n) is 6.42. The molecule has 104 valence electrons. The molecular weight excluding hydrogens is 254 g/mol. The summed E-state index contributed by atoms with van der Waals surface area (Å²) in [6.45, 7) is 0.902. The van der Waals surface area contributed by atoms with Crippen LogP contribution in [0.4, 0.5) is 0 Å². The lowest BCUT2D eigenvalue weighted by Gasteiger charge is -2.09. The molecule has 20 heavy (non-hydrogen) atoms. The minimum atomic E-state index is -0.352. The summed E-state index contributed by atoms with van der Waals surface area (Å²) < 4.78 is 11.1. The number of carbonyl (C=O) groups is 1. The van der Waals surface area contributed by atoms with E-state index in [-0.39, 0.29) is 12.3 Å². The van der Waals surface area contributed by atoms with E-state index in [1.54, 1.807) is 0 Å². The summed E-state index contributed by atoms with van der Waals surface area (Å²) >= 11 is 0. The number of hydrogen-bond donors (Lipinski definition) is 1. The average molecular weight is 271 g/mol. The molecule has 2 aromatic rings. The van der Waals surface area contributed by atoms with Crippen molar-refractivity contribution in [3.05, 3.63) is 60.2 Å². The molecule has 0 heterocycles. The van der Waals surface area contributed by atoms with Crippen LogP contribution < -0.4 is 15.2 Å². The van der Waals surface area contributed by atoms with Gasteiger partial charge in [0.2, 0.25) is 5.91 Å². The maximum Gasteiger partial charge on any atom is 0.221 e. The summed E-state index contributed by atoms with van der Waals surface area (Å²) in [6, 6.07) is 16.9. The molecule has 0 bridgehead atoms. The second kappa shape index (κ2) is 7.19. The highest BCUT2D eigenvalue weighted by Crippen LogP contribution is 2.14. The number of benzene rings is 2. The lowest BCUT2D eigenvalue weighted by molar-refractivity contribution is -0.117. The molecule has 0 unspecified atom stereocenters. The van der Waals surface area contributed by atoms with Crippen LogP contribution in [0, 0.1) is 0 Å². The highest BCUT2D eigenvalue weighted by Gasteiger charge is 2.01. The average Bonchev–Trinajstić information content (AvgIpc) is 2.44. The lowest BCUT2D eigenvalue weighted by Crippen LogP contribution is -2.13. The number of rotatable bonds is 7. The standard InChI is InChI=1S/C16H17NO3/c17-16(18)12-13-5-4-8-15(11-13)20-10-9-19-14-6-2-1-3-7-14/h1-8,11H,9-10,12H2,(H2,17,18). The maximum atomic E-state index is 10.9. The van der Waals surface area contributed by atoms with Gasteiger partial charge in [0.05, 0.1) is 6.42 Å². The Kier molecular flexibility index (Phi) is 5.00. The maximum absolute atomic E-state index is 10.9. The Hall–Kier alpha value is -2.49. The van der Waals surface area contributed by atoms with Crippen LogP contribution in [0.3, 0.4) is 0 Å². The Bertz CT molecular complexity index is 555. The third kappa shape index (κ3) is 4.65. The summed E-state index contributed by atoms with van der Waals surface area (Å²) in [4.78, 5) is 10.9. The molecule has 4 heteroatoms. The largest absolute Gasteiger partial charge is 0.490 e. The van der Waals surface area contributed by atoms with Crippen molar-refractivity contribution in [2.24, 2.45) is 5.73 Å². The molecule has 0 aromatic heterocycles. The number of hydrogen-bond acceptors (Lipinski definition) is 3. The Morgan fingerprint density at radius 2 is 1.55 bits per heavy atom. The van der Waals surface area contributed by atoms with Crippen molar-refractivity contribution in [1.29, 1.82) is 0 Å². The van der Waals surface area contributed by atoms with Crippen LogP contribution in [0.1, 0.15) is 5.56 Å². The monoisotopic (exact) mass is 271 g/mol. The second-order valence-corrected chi connectivity index (χ2v) is 4.30. The van der Waals surface area contributed by atoms with E-state index in [4.69, 9.17) is 15.2 Å². The van der Waals surface area contributed by atoms with Crippen LogP contribution in [0.15, 0.2) is 54.6 Å². The Labute approximate surface area is 118 Å². The van der Waals surface area contributed by atoms with Gasteiger partial charge in [-0.05, 0) is 29.8 Å². The van der Waals surface area contributed by atoms with Crippen LogP contribution in [-0.4, -0.2) is 19.1 Å². The predicted octanol–water partition coefficient (Wildman–Crippen LogP) is 2.17. The topological polar surface area (TPSA) is 61.6 Å². The van der Waals surface area contributed by atoms with E-state index in [0.717, 1.165) is 11.3 Å². The van der Waals surface area contributed by atoms with Gasteiger partial charge in [-0.2, -0.15) is 0 Å². The van der Waals surface area contributed by atoms with Gasteiger partial charge in [0.25, 0.3) is 0 Å². The van der Waals surface area contributed by atoms with Crippen molar-refractivity contribution in [2.75, 3.05) is 13.2 Å². The molecule has 0 spiro atoms. The molecule has 0 aliphatic heterocycles. The third-order valence-electron chi connectivity index (χ3n) is 2.64. The van der Waals surface area contributed by atoms with Gasteiger partial charge in [-0.3, -0.25) is 4.79 Å². The van der Waals surface area contributed by atoms with Gasteiger partial charge in [0.15, 0.2) is 0 Å². The molecule has 4 nitrogen and oxygen atoms in total. The van der Waals surface area contributed by atoms with Crippen molar-refractivity contribution in [3.8, 4) is 11.5 Å². The fraction of sp³-hybridized carbons (Fsp3) is 0.188. The molecule has 0 saturated heterocycles. The van der Waals surface area contributed by atoms with E-state index >= 15 is 0 Å². The molecule has 0 atom stereocenters. The summed E-state index contributed by atoms with van der Waals surface area (Å²) in [6.07, 6.45) is 0.220. The summed E-state index contributed by atoms with van der Waals surface area (Å²) in [5.41, 5.74) is 6.01. The number of carbonyl (C=O) groups excluding carboxylic acids is 1. The quantitative estimate of drug-likeness (QED) is 0.785. The van der Waals surface area contributed by atoms with E-state index in [9.17, 15) is 4.79 Å². The zero-order valence-corrected chi connectivity index (χ0v) is 11.1. The molecule has 1 amide bonds. The van der Waals surface area contributed by atoms with Crippen molar-refractivity contribution in [3.63, 3.8) is 0 Å². The van der Waals surface area contributed by atoms with Gasteiger partial charge in [0.1, 0.15) is 24.7 Å². The van der Waals surface area contributed by atoms with Crippen LogP contribution in [-0.2, 0) is 11.2 Å². The van der Waals surface area contributed by atoms with Crippen molar-refractivity contribution in [2.45, 2.75) is 6.42 Å². The molecule has 0 radical (unpaired) electrons. The fourth-order valence-corrected chi connectivity index (χ4v) is 1.78. The van der Waals surface area contributed by atoms with Crippen LogP contribution in [0.25, 0.3) is 0 Å². The van der Waals surface area contributed by atoms with Crippen LogP contribution in [0.2, 0.25) is 0 Å². The van der Waals surface area contributed by atoms with E-state index in [2.05, 4.69) is 0 Å². The van der Waals surface area contributed by atoms with Gasteiger partial charge >= 0.3 is 0 Å². The summed E-state index contributed by atoms with van der Waals surface area (Å²) in [7, 11) is 0. The van der Waals surface area contributed by atoms with E-state index in [1.807, 2.05) is 54.6 Å². The Morgan fingerprint density at radius 3 is 2.25 bits per heavy atom. The predicted molar refractivity (Wildman–Crippen MR) is 76.8 cm³/mol. The third-order valence-corrected chi connectivity index (χ3v) is 2.64. The first kappa shape index (κ1) is 13.9. The smallest absolute Gasteiger partial charge is 0.221 e. The Morgan fingerprint density at radius 1 is 0.900 bits per heavy atom. The molecule has 2 N–H and O–H groups in total. The molecule has 0 aliphatic rings. The summed E-state index contributed by atoms with van der Waals surface area (Å²) in [5.74, 6) is 1.17. The number of primary amides is 1. The normalized spacial score (nSPS) is 10.0.